The zero-order chi connectivity index (χ0) is 13.0. The van der Waals surface area contributed by atoms with Crippen molar-refractivity contribution >= 4 is 0 Å². The summed E-state index contributed by atoms with van der Waals surface area (Å²) in [5, 5.41) is 3.77. The molecule has 0 aromatic rings. The summed E-state index contributed by atoms with van der Waals surface area (Å²) in [5.41, 5.74) is 7.88. The molecule has 1 aliphatic carbocycles. The van der Waals surface area contributed by atoms with Crippen molar-refractivity contribution in [2.75, 3.05) is 26.7 Å². The molecule has 2 atom stereocenters. The summed E-state index contributed by atoms with van der Waals surface area (Å²) in [6, 6.07) is 0.639. The van der Waals surface area contributed by atoms with E-state index in [0.29, 0.717) is 6.04 Å². The number of allylic oxidation sites excluding steroid dienone is 1. The second kappa shape index (κ2) is 6.18. The highest BCUT2D eigenvalue weighted by atomic mass is 15.2. The number of nitrogens with two attached hydrogens (primary N) is 1. The van der Waals surface area contributed by atoms with E-state index in [0.717, 1.165) is 19.6 Å². The van der Waals surface area contributed by atoms with Gasteiger partial charge in [0.25, 0.3) is 0 Å². The van der Waals surface area contributed by atoms with Gasteiger partial charge in [0.05, 0.1) is 0 Å². The van der Waals surface area contributed by atoms with Gasteiger partial charge in [0, 0.05) is 18.1 Å². The average molecular weight is 251 g/mol. The van der Waals surface area contributed by atoms with Crippen LogP contribution in [0.5, 0.6) is 0 Å². The second-order valence-corrected chi connectivity index (χ2v) is 6.20. The summed E-state index contributed by atoms with van der Waals surface area (Å²) in [6.07, 6.45) is 9.97. The van der Waals surface area contributed by atoms with Gasteiger partial charge in [-0.1, -0.05) is 11.6 Å². The molecule has 0 aromatic carbocycles. The second-order valence-electron chi connectivity index (χ2n) is 6.20. The van der Waals surface area contributed by atoms with Crippen LogP contribution in [0.1, 0.15) is 45.4 Å². The van der Waals surface area contributed by atoms with Gasteiger partial charge in [-0.2, -0.15) is 0 Å². The molecule has 104 valence electrons. The predicted octanol–water partition coefficient (Wildman–Crippen LogP) is 1.89. The Labute approximate surface area is 112 Å². The summed E-state index contributed by atoms with van der Waals surface area (Å²) in [6.45, 7) is 5.34. The lowest BCUT2D eigenvalue weighted by atomic mass is 9.83. The number of rotatable bonds is 5. The van der Waals surface area contributed by atoms with Gasteiger partial charge in [0.2, 0.25) is 0 Å². The molecule has 1 saturated heterocycles. The van der Waals surface area contributed by atoms with Crippen LogP contribution >= 0.6 is 0 Å². The number of hydrogen-bond acceptors (Lipinski definition) is 3. The molecule has 0 aromatic heterocycles. The number of hydrogen-bond donors (Lipinski definition) is 2. The first kappa shape index (κ1) is 14.0. The molecular formula is C15H29N3. The first-order valence-electron chi connectivity index (χ1n) is 7.48. The summed E-state index contributed by atoms with van der Waals surface area (Å²) in [4.78, 5) is 2.44. The first-order valence-corrected chi connectivity index (χ1v) is 7.48. The van der Waals surface area contributed by atoms with E-state index in [1.54, 1.807) is 5.57 Å². The Morgan fingerprint density at radius 2 is 2.39 bits per heavy atom. The SMILES string of the molecule is CC1CC(CN)(NCCC2=CCCC2)CCN1C. The van der Waals surface area contributed by atoms with Gasteiger partial charge in [-0.05, 0) is 65.6 Å². The molecule has 0 saturated carbocycles. The molecule has 0 radical (unpaired) electrons. The topological polar surface area (TPSA) is 41.3 Å². The summed E-state index contributed by atoms with van der Waals surface area (Å²) in [7, 11) is 2.22. The van der Waals surface area contributed by atoms with Crippen molar-refractivity contribution in [2.45, 2.75) is 57.0 Å². The van der Waals surface area contributed by atoms with E-state index in [-0.39, 0.29) is 5.54 Å². The van der Waals surface area contributed by atoms with E-state index in [1.165, 1.54) is 38.5 Å². The predicted molar refractivity (Wildman–Crippen MR) is 77.7 cm³/mol. The van der Waals surface area contributed by atoms with E-state index in [1.807, 2.05) is 0 Å². The third-order valence-corrected chi connectivity index (χ3v) is 4.85. The van der Waals surface area contributed by atoms with Gasteiger partial charge in [-0.15, -0.1) is 0 Å². The van der Waals surface area contributed by atoms with Crippen molar-refractivity contribution in [1.82, 2.24) is 10.2 Å². The van der Waals surface area contributed by atoms with Crippen molar-refractivity contribution in [3.05, 3.63) is 11.6 Å². The van der Waals surface area contributed by atoms with E-state index >= 15 is 0 Å². The van der Waals surface area contributed by atoms with Crippen molar-refractivity contribution < 1.29 is 0 Å². The van der Waals surface area contributed by atoms with Gasteiger partial charge >= 0.3 is 0 Å². The average Bonchev–Trinajstić information content (AvgIpc) is 2.87. The molecule has 1 heterocycles. The molecule has 3 nitrogen and oxygen atoms in total. The van der Waals surface area contributed by atoms with E-state index < -0.39 is 0 Å². The van der Waals surface area contributed by atoms with Gasteiger partial charge in [0.15, 0.2) is 0 Å². The zero-order valence-electron chi connectivity index (χ0n) is 12.0. The summed E-state index contributed by atoms with van der Waals surface area (Å²) < 4.78 is 0. The maximum Gasteiger partial charge on any atom is 0.0331 e. The lowest BCUT2D eigenvalue weighted by Crippen LogP contribution is -2.59. The fourth-order valence-electron chi connectivity index (χ4n) is 3.30. The Balaban J connectivity index is 1.80. The molecule has 3 N–H and O–H groups in total. The van der Waals surface area contributed by atoms with Crippen LogP contribution in [0.3, 0.4) is 0 Å². The fraction of sp³-hybridized carbons (Fsp3) is 0.867. The first-order chi connectivity index (χ1) is 8.65. The van der Waals surface area contributed by atoms with Crippen LogP contribution in [0.4, 0.5) is 0 Å². The van der Waals surface area contributed by atoms with Gasteiger partial charge in [0.1, 0.15) is 0 Å². The van der Waals surface area contributed by atoms with Crippen LogP contribution in [-0.2, 0) is 0 Å². The largest absolute Gasteiger partial charge is 0.329 e. The van der Waals surface area contributed by atoms with Crippen molar-refractivity contribution in [3.63, 3.8) is 0 Å². The normalized spacial score (nSPS) is 33.7. The van der Waals surface area contributed by atoms with Crippen LogP contribution in [0.25, 0.3) is 0 Å². The Morgan fingerprint density at radius 3 is 3.00 bits per heavy atom. The summed E-state index contributed by atoms with van der Waals surface area (Å²) in [5.74, 6) is 0. The molecule has 0 spiro atoms. The summed E-state index contributed by atoms with van der Waals surface area (Å²) >= 11 is 0. The van der Waals surface area contributed by atoms with E-state index in [2.05, 4.69) is 30.3 Å². The number of piperidine rings is 1. The molecule has 0 amide bonds. The molecular weight excluding hydrogens is 222 g/mol. The van der Waals surface area contributed by atoms with Crippen LogP contribution in [-0.4, -0.2) is 43.2 Å². The van der Waals surface area contributed by atoms with Crippen LogP contribution in [0.2, 0.25) is 0 Å². The lowest BCUT2D eigenvalue weighted by Gasteiger charge is -2.44. The Morgan fingerprint density at radius 1 is 1.56 bits per heavy atom. The van der Waals surface area contributed by atoms with Crippen molar-refractivity contribution in [3.8, 4) is 0 Å². The highest BCUT2D eigenvalue weighted by molar-refractivity contribution is 5.08. The fourth-order valence-corrected chi connectivity index (χ4v) is 3.30. The maximum atomic E-state index is 6.04. The molecule has 2 rings (SSSR count). The quantitative estimate of drug-likeness (QED) is 0.733. The zero-order valence-corrected chi connectivity index (χ0v) is 12.0. The molecule has 18 heavy (non-hydrogen) atoms. The monoisotopic (exact) mass is 251 g/mol. The minimum absolute atomic E-state index is 0.186. The highest BCUT2D eigenvalue weighted by Crippen LogP contribution is 2.26. The highest BCUT2D eigenvalue weighted by Gasteiger charge is 2.35. The molecule has 3 heteroatoms. The van der Waals surface area contributed by atoms with Gasteiger partial charge in [-0.25, -0.2) is 0 Å². The standard InChI is InChI=1S/C15H29N3/c1-13-11-15(12-16,8-10-18(13)2)17-9-7-14-5-3-4-6-14/h5,13,17H,3-4,6-12,16H2,1-2H3. The Kier molecular flexibility index (Phi) is 4.82. The lowest BCUT2D eigenvalue weighted by molar-refractivity contribution is 0.112. The molecule has 0 bridgehead atoms. The van der Waals surface area contributed by atoms with Crippen molar-refractivity contribution in [2.24, 2.45) is 5.73 Å². The van der Waals surface area contributed by atoms with Crippen LogP contribution in [0.15, 0.2) is 11.6 Å². The third-order valence-electron chi connectivity index (χ3n) is 4.85. The molecule has 1 fully saturated rings. The molecule has 1 aliphatic heterocycles. The number of likely N-dealkylation sites (tertiary alicyclic amines) is 1. The minimum atomic E-state index is 0.186. The Hall–Kier alpha value is -0.380. The van der Waals surface area contributed by atoms with Gasteiger partial charge < -0.3 is 16.0 Å². The van der Waals surface area contributed by atoms with Gasteiger partial charge in [-0.3, -0.25) is 0 Å². The number of nitrogens with zero attached hydrogens (tertiary/aromatic N) is 1. The van der Waals surface area contributed by atoms with Crippen molar-refractivity contribution in [1.29, 1.82) is 0 Å². The minimum Gasteiger partial charge on any atom is -0.329 e. The third kappa shape index (κ3) is 3.34. The van der Waals surface area contributed by atoms with E-state index in [9.17, 15) is 0 Å². The van der Waals surface area contributed by atoms with Crippen LogP contribution < -0.4 is 11.1 Å². The number of nitrogens with one attached hydrogen (secondary N) is 1. The maximum absolute atomic E-state index is 6.04. The smallest absolute Gasteiger partial charge is 0.0331 e. The Bertz CT molecular complexity index is 300. The van der Waals surface area contributed by atoms with E-state index in [4.69, 9.17) is 5.73 Å². The van der Waals surface area contributed by atoms with Crippen LogP contribution in [0, 0.1) is 0 Å². The molecule has 2 unspecified atom stereocenters. The molecule has 2 aliphatic rings.